The molecule has 0 aliphatic rings. The normalized spacial score (nSPS) is 16.8. The lowest BCUT2D eigenvalue weighted by molar-refractivity contribution is 0.688. The molecule has 54 valence electrons. The zero-order chi connectivity index (χ0) is 7.44. The van der Waals surface area contributed by atoms with Crippen molar-refractivity contribution in [3.63, 3.8) is 0 Å². The van der Waals surface area contributed by atoms with Crippen LogP contribution in [0.1, 0.15) is 6.92 Å². The SMILES string of the molecule is CSC(C(C)=N)S(C)=O. The van der Waals surface area contributed by atoms with Crippen molar-refractivity contribution in [2.45, 2.75) is 11.5 Å². The first-order valence-electron chi connectivity index (χ1n) is 2.49. The highest BCUT2D eigenvalue weighted by atomic mass is 32.2. The van der Waals surface area contributed by atoms with Gasteiger partial charge in [0.1, 0.15) is 4.58 Å². The second-order valence-electron chi connectivity index (χ2n) is 1.75. The summed E-state index contributed by atoms with van der Waals surface area (Å²) in [6.07, 6.45) is 3.49. The summed E-state index contributed by atoms with van der Waals surface area (Å²) in [5.41, 5.74) is 0.489. The fourth-order valence-electron chi connectivity index (χ4n) is 0.561. The Balaban J connectivity index is 3.99. The van der Waals surface area contributed by atoms with Gasteiger partial charge in [-0.3, -0.25) is 4.21 Å². The number of thioether (sulfide) groups is 1. The summed E-state index contributed by atoms with van der Waals surface area (Å²) in [7, 11) is -0.895. The van der Waals surface area contributed by atoms with E-state index in [9.17, 15) is 4.21 Å². The van der Waals surface area contributed by atoms with Gasteiger partial charge in [-0.2, -0.15) is 0 Å². The summed E-state index contributed by atoms with van der Waals surface area (Å²) in [5, 5.41) is 7.17. The molecule has 0 spiro atoms. The molecule has 0 amide bonds. The van der Waals surface area contributed by atoms with Gasteiger partial charge in [-0.05, 0) is 13.2 Å². The van der Waals surface area contributed by atoms with E-state index in [1.165, 1.54) is 11.8 Å². The van der Waals surface area contributed by atoms with Crippen LogP contribution in [0.5, 0.6) is 0 Å². The van der Waals surface area contributed by atoms with E-state index >= 15 is 0 Å². The van der Waals surface area contributed by atoms with Crippen LogP contribution in [0.3, 0.4) is 0 Å². The molecule has 2 unspecified atom stereocenters. The summed E-state index contributed by atoms with van der Waals surface area (Å²) in [5.74, 6) is 0. The topological polar surface area (TPSA) is 40.9 Å². The van der Waals surface area contributed by atoms with Crippen molar-refractivity contribution in [2.24, 2.45) is 0 Å². The Hall–Kier alpha value is 0.170. The van der Waals surface area contributed by atoms with Crippen LogP contribution in [-0.2, 0) is 10.8 Å². The maximum absolute atomic E-state index is 10.8. The van der Waals surface area contributed by atoms with Crippen LogP contribution in [0.4, 0.5) is 0 Å². The zero-order valence-corrected chi connectivity index (χ0v) is 7.44. The third-order valence-electron chi connectivity index (χ3n) is 0.869. The predicted octanol–water partition coefficient (Wildman–Crippen LogP) is 1.09. The van der Waals surface area contributed by atoms with Crippen molar-refractivity contribution in [1.29, 1.82) is 5.41 Å². The molecule has 2 atom stereocenters. The Labute approximate surface area is 62.4 Å². The lowest BCUT2D eigenvalue weighted by Crippen LogP contribution is -2.17. The minimum atomic E-state index is -0.895. The molecule has 0 aliphatic heterocycles. The molecule has 0 radical (unpaired) electrons. The Kier molecular flexibility index (Phi) is 4.14. The van der Waals surface area contributed by atoms with Gasteiger partial charge in [-0.25, -0.2) is 0 Å². The van der Waals surface area contributed by atoms with Crippen LogP contribution < -0.4 is 0 Å². The molecule has 4 heteroatoms. The fraction of sp³-hybridized carbons (Fsp3) is 0.800. The smallest absolute Gasteiger partial charge is 0.117 e. The first-order valence-corrected chi connectivity index (χ1v) is 5.40. The third-order valence-corrected chi connectivity index (χ3v) is 4.00. The van der Waals surface area contributed by atoms with E-state index in [0.717, 1.165) is 0 Å². The quantitative estimate of drug-likeness (QED) is 0.636. The van der Waals surface area contributed by atoms with Gasteiger partial charge in [0.2, 0.25) is 0 Å². The Bertz CT molecular complexity index is 121. The van der Waals surface area contributed by atoms with Gasteiger partial charge in [0.05, 0.1) is 0 Å². The van der Waals surface area contributed by atoms with Crippen molar-refractivity contribution < 1.29 is 4.21 Å². The van der Waals surface area contributed by atoms with Crippen molar-refractivity contribution in [1.82, 2.24) is 0 Å². The van der Waals surface area contributed by atoms with E-state index in [1.807, 2.05) is 6.26 Å². The van der Waals surface area contributed by atoms with Crippen molar-refractivity contribution >= 4 is 28.3 Å². The molecule has 0 aromatic heterocycles. The van der Waals surface area contributed by atoms with E-state index in [2.05, 4.69) is 0 Å². The van der Waals surface area contributed by atoms with E-state index in [4.69, 9.17) is 5.41 Å². The molecule has 0 aliphatic carbocycles. The highest BCUT2D eigenvalue weighted by Crippen LogP contribution is 2.10. The number of rotatable bonds is 3. The highest BCUT2D eigenvalue weighted by molar-refractivity contribution is 8.11. The van der Waals surface area contributed by atoms with Gasteiger partial charge in [-0.1, -0.05) is 0 Å². The van der Waals surface area contributed by atoms with Crippen LogP contribution in [0.2, 0.25) is 0 Å². The second-order valence-corrected chi connectivity index (χ2v) is 4.46. The zero-order valence-electron chi connectivity index (χ0n) is 5.80. The first kappa shape index (κ1) is 9.17. The third kappa shape index (κ3) is 3.01. The molecule has 2 nitrogen and oxygen atoms in total. The molecule has 0 bridgehead atoms. The van der Waals surface area contributed by atoms with Gasteiger partial charge in [0, 0.05) is 22.8 Å². The summed E-state index contributed by atoms with van der Waals surface area (Å²) < 4.78 is 10.7. The van der Waals surface area contributed by atoms with E-state index in [0.29, 0.717) is 5.71 Å². The Morgan fingerprint density at radius 3 is 2.22 bits per heavy atom. The molecular formula is C5H11NOS2. The summed E-state index contributed by atoms with van der Waals surface area (Å²) in [6.45, 7) is 1.68. The molecule has 1 N–H and O–H groups in total. The predicted molar refractivity (Wildman–Crippen MR) is 44.8 cm³/mol. The summed E-state index contributed by atoms with van der Waals surface area (Å²) in [4.78, 5) is 0. The molecule has 9 heavy (non-hydrogen) atoms. The van der Waals surface area contributed by atoms with Crippen LogP contribution in [0.25, 0.3) is 0 Å². The molecule has 0 aromatic carbocycles. The maximum Gasteiger partial charge on any atom is 0.117 e. The number of hydrogen-bond acceptors (Lipinski definition) is 3. The Morgan fingerprint density at radius 1 is 1.78 bits per heavy atom. The average Bonchev–Trinajstić information content (AvgIpc) is 1.64. The largest absolute Gasteiger partial charge is 0.308 e. The van der Waals surface area contributed by atoms with E-state index < -0.39 is 10.8 Å². The molecule has 0 heterocycles. The minimum absolute atomic E-state index is 0.106. The van der Waals surface area contributed by atoms with Crippen LogP contribution >= 0.6 is 11.8 Å². The van der Waals surface area contributed by atoms with Gasteiger partial charge >= 0.3 is 0 Å². The van der Waals surface area contributed by atoms with Gasteiger partial charge in [0.25, 0.3) is 0 Å². The van der Waals surface area contributed by atoms with E-state index in [-0.39, 0.29) is 4.58 Å². The minimum Gasteiger partial charge on any atom is -0.308 e. The second kappa shape index (κ2) is 4.06. The monoisotopic (exact) mass is 165 g/mol. The standard InChI is InChI=1S/C5H11NOS2/c1-4(6)5(8-2)9(3)7/h5-6H,1-3H3. The first-order chi connectivity index (χ1) is 4.09. The van der Waals surface area contributed by atoms with Gasteiger partial charge in [0.15, 0.2) is 0 Å². The maximum atomic E-state index is 10.8. The molecule has 0 aromatic rings. The van der Waals surface area contributed by atoms with Crippen LogP contribution in [-0.4, -0.2) is 27.0 Å². The molecular weight excluding hydrogens is 154 g/mol. The molecule has 0 saturated carbocycles. The van der Waals surface area contributed by atoms with Crippen molar-refractivity contribution in [3.8, 4) is 0 Å². The lowest BCUT2D eigenvalue weighted by atomic mass is 10.5. The Morgan fingerprint density at radius 2 is 2.22 bits per heavy atom. The van der Waals surface area contributed by atoms with Gasteiger partial charge < -0.3 is 5.41 Å². The van der Waals surface area contributed by atoms with Gasteiger partial charge in [-0.15, -0.1) is 11.8 Å². The molecule has 0 fully saturated rings. The molecule has 0 rings (SSSR count). The van der Waals surface area contributed by atoms with E-state index in [1.54, 1.807) is 13.2 Å². The summed E-state index contributed by atoms with van der Waals surface area (Å²) >= 11 is 1.46. The summed E-state index contributed by atoms with van der Waals surface area (Å²) in [6, 6.07) is 0. The average molecular weight is 165 g/mol. The van der Waals surface area contributed by atoms with Crippen molar-refractivity contribution in [2.75, 3.05) is 12.5 Å². The number of hydrogen-bond donors (Lipinski definition) is 1. The van der Waals surface area contributed by atoms with Crippen molar-refractivity contribution in [3.05, 3.63) is 0 Å². The fourth-order valence-corrected chi connectivity index (χ4v) is 2.50. The van der Waals surface area contributed by atoms with Crippen LogP contribution in [0.15, 0.2) is 0 Å². The van der Waals surface area contributed by atoms with Crippen LogP contribution in [0, 0.1) is 5.41 Å². The lowest BCUT2D eigenvalue weighted by Gasteiger charge is -2.07. The number of nitrogens with one attached hydrogen (secondary N) is 1. The highest BCUT2D eigenvalue weighted by Gasteiger charge is 2.11. The molecule has 0 saturated heterocycles.